The molecule has 1 N–H and O–H groups in total. The second-order valence-electron chi connectivity index (χ2n) is 7.21. The molecule has 3 atom stereocenters. The molecule has 3 saturated carbocycles. The van der Waals surface area contributed by atoms with Gasteiger partial charge in [-0.05, 0) is 51.0 Å². The number of rotatable bonds is 4. The van der Waals surface area contributed by atoms with Gasteiger partial charge in [-0.15, -0.1) is 0 Å². The van der Waals surface area contributed by atoms with E-state index in [2.05, 4.69) is 11.9 Å². The van der Waals surface area contributed by atoms with Crippen molar-refractivity contribution in [3.63, 3.8) is 0 Å². The Balaban J connectivity index is 1.76. The molecule has 108 valence electrons. The Kier molecular flexibility index (Phi) is 3.59. The fourth-order valence-corrected chi connectivity index (χ4v) is 5.18. The summed E-state index contributed by atoms with van der Waals surface area (Å²) in [5, 5.41) is 9.33. The molecule has 3 fully saturated rings. The molecule has 0 spiro atoms. The maximum absolute atomic E-state index is 11.3. The Hall–Kier alpha value is -0.570. The number of aliphatic carboxylic acids is 1. The van der Waals surface area contributed by atoms with Crippen molar-refractivity contribution in [1.29, 1.82) is 0 Å². The molecule has 19 heavy (non-hydrogen) atoms. The lowest BCUT2D eigenvalue weighted by Gasteiger charge is -2.48. The standard InChI is InChI=1S/C16H27NO2/c1-17(14-10-12-5-6-13(14)9-12)16(11-15(18)19)7-3-2-4-8-16/h12-14H,2-11H2,1H3,(H,18,19). The molecule has 3 heteroatoms. The quantitative estimate of drug-likeness (QED) is 0.848. The van der Waals surface area contributed by atoms with Gasteiger partial charge in [-0.2, -0.15) is 0 Å². The predicted octanol–water partition coefficient (Wildman–Crippen LogP) is 3.28. The van der Waals surface area contributed by atoms with Crippen LogP contribution in [0, 0.1) is 11.8 Å². The fourth-order valence-electron chi connectivity index (χ4n) is 5.18. The normalized spacial score (nSPS) is 36.8. The van der Waals surface area contributed by atoms with Crippen LogP contribution < -0.4 is 0 Å². The summed E-state index contributed by atoms with van der Waals surface area (Å²) in [6, 6.07) is 0.663. The third kappa shape index (κ3) is 2.42. The van der Waals surface area contributed by atoms with E-state index in [1.165, 1.54) is 44.9 Å². The monoisotopic (exact) mass is 265 g/mol. The molecule has 0 radical (unpaired) electrons. The van der Waals surface area contributed by atoms with E-state index in [4.69, 9.17) is 0 Å². The molecule has 0 heterocycles. The number of hydrogen-bond acceptors (Lipinski definition) is 2. The Bertz CT molecular complexity index is 349. The van der Waals surface area contributed by atoms with Crippen molar-refractivity contribution < 1.29 is 9.90 Å². The molecule has 0 amide bonds. The number of carboxylic acids is 1. The first kappa shape index (κ1) is 13.4. The highest BCUT2D eigenvalue weighted by molar-refractivity contribution is 5.68. The molecule has 0 aliphatic heterocycles. The Labute approximate surface area is 116 Å². The minimum Gasteiger partial charge on any atom is -0.481 e. The second-order valence-corrected chi connectivity index (χ2v) is 7.21. The van der Waals surface area contributed by atoms with Gasteiger partial charge in [0.2, 0.25) is 0 Å². The van der Waals surface area contributed by atoms with E-state index in [0.29, 0.717) is 12.5 Å². The molecular weight excluding hydrogens is 238 g/mol. The van der Waals surface area contributed by atoms with E-state index in [-0.39, 0.29) is 5.54 Å². The molecule has 0 saturated heterocycles. The minimum absolute atomic E-state index is 0.0424. The Morgan fingerprint density at radius 1 is 1.21 bits per heavy atom. The van der Waals surface area contributed by atoms with Crippen LogP contribution in [-0.2, 0) is 4.79 Å². The molecule has 0 aromatic carbocycles. The molecular formula is C16H27NO2. The molecule has 2 bridgehead atoms. The van der Waals surface area contributed by atoms with Crippen LogP contribution in [0.2, 0.25) is 0 Å². The van der Waals surface area contributed by atoms with Crippen molar-refractivity contribution in [3.8, 4) is 0 Å². The minimum atomic E-state index is -0.614. The largest absolute Gasteiger partial charge is 0.481 e. The summed E-state index contributed by atoms with van der Waals surface area (Å²) in [5.41, 5.74) is -0.0424. The molecule has 3 unspecified atom stereocenters. The smallest absolute Gasteiger partial charge is 0.305 e. The van der Waals surface area contributed by atoms with Crippen LogP contribution in [0.1, 0.15) is 64.2 Å². The van der Waals surface area contributed by atoms with E-state index in [9.17, 15) is 9.90 Å². The molecule has 0 aromatic heterocycles. The third-order valence-corrected chi connectivity index (χ3v) is 6.21. The van der Waals surface area contributed by atoms with Crippen molar-refractivity contribution in [1.82, 2.24) is 4.90 Å². The van der Waals surface area contributed by atoms with Gasteiger partial charge in [0.1, 0.15) is 0 Å². The van der Waals surface area contributed by atoms with Gasteiger partial charge in [-0.1, -0.05) is 25.7 Å². The average Bonchev–Trinajstić information content (AvgIpc) is 3.00. The van der Waals surface area contributed by atoms with Gasteiger partial charge in [0, 0.05) is 11.6 Å². The van der Waals surface area contributed by atoms with Gasteiger partial charge in [0.15, 0.2) is 0 Å². The van der Waals surface area contributed by atoms with Gasteiger partial charge in [0.05, 0.1) is 6.42 Å². The summed E-state index contributed by atoms with van der Waals surface area (Å²) < 4.78 is 0. The zero-order valence-corrected chi connectivity index (χ0v) is 12.1. The average molecular weight is 265 g/mol. The summed E-state index contributed by atoms with van der Waals surface area (Å²) in [7, 11) is 2.22. The van der Waals surface area contributed by atoms with Crippen LogP contribution in [0.25, 0.3) is 0 Å². The zero-order valence-electron chi connectivity index (χ0n) is 12.1. The fraction of sp³-hybridized carbons (Fsp3) is 0.938. The predicted molar refractivity (Wildman–Crippen MR) is 75.1 cm³/mol. The van der Waals surface area contributed by atoms with E-state index in [1.54, 1.807) is 0 Å². The summed E-state index contributed by atoms with van der Waals surface area (Å²) in [6.45, 7) is 0. The van der Waals surface area contributed by atoms with Crippen molar-refractivity contribution in [2.24, 2.45) is 11.8 Å². The van der Waals surface area contributed by atoms with Crippen molar-refractivity contribution >= 4 is 5.97 Å². The van der Waals surface area contributed by atoms with Gasteiger partial charge in [-0.25, -0.2) is 0 Å². The van der Waals surface area contributed by atoms with E-state index < -0.39 is 5.97 Å². The first-order valence-electron chi connectivity index (χ1n) is 8.05. The lowest BCUT2D eigenvalue weighted by atomic mass is 9.76. The van der Waals surface area contributed by atoms with E-state index >= 15 is 0 Å². The second kappa shape index (κ2) is 5.08. The van der Waals surface area contributed by atoms with E-state index in [1.807, 2.05) is 0 Å². The van der Waals surface area contributed by atoms with E-state index in [0.717, 1.165) is 24.7 Å². The highest BCUT2D eigenvalue weighted by Gasteiger charge is 2.48. The van der Waals surface area contributed by atoms with Crippen LogP contribution in [0.4, 0.5) is 0 Å². The van der Waals surface area contributed by atoms with Gasteiger partial charge < -0.3 is 5.11 Å². The van der Waals surface area contributed by atoms with Crippen LogP contribution in [-0.4, -0.2) is 34.6 Å². The first-order chi connectivity index (χ1) is 9.11. The molecule has 3 aliphatic rings. The number of nitrogens with zero attached hydrogens (tertiary/aromatic N) is 1. The molecule has 3 nitrogen and oxygen atoms in total. The number of carbonyl (C=O) groups is 1. The SMILES string of the molecule is CN(C1CC2CCC1C2)C1(CC(=O)O)CCCCC1. The Morgan fingerprint density at radius 2 is 1.95 bits per heavy atom. The zero-order chi connectivity index (χ0) is 13.5. The summed E-state index contributed by atoms with van der Waals surface area (Å²) >= 11 is 0. The van der Waals surface area contributed by atoms with Crippen LogP contribution >= 0.6 is 0 Å². The maximum Gasteiger partial charge on any atom is 0.305 e. The van der Waals surface area contributed by atoms with Gasteiger partial charge in [-0.3, -0.25) is 9.69 Å². The molecule has 3 rings (SSSR count). The topological polar surface area (TPSA) is 40.5 Å². The highest BCUT2D eigenvalue weighted by atomic mass is 16.4. The van der Waals surface area contributed by atoms with Crippen molar-refractivity contribution in [2.45, 2.75) is 75.8 Å². The van der Waals surface area contributed by atoms with Crippen LogP contribution in [0.3, 0.4) is 0 Å². The van der Waals surface area contributed by atoms with Gasteiger partial charge in [0.25, 0.3) is 0 Å². The lowest BCUT2D eigenvalue weighted by Crippen LogP contribution is -2.55. The van der Waals surface area contributed by atoms with Crippen LogP contribution in [0.15, 0.2) is 0 Å². The summed E-state index contributed by atoms with van der Waals surface area (Å²) in [6.07, 6.45) is 11.7. The van der Waals surface area contributed by atoms with Crippen molar-refractivity contribution in [3.05, 3.63) is 0 Å². The number of hydrogen-bond donors (Lipinski definition) is 1. The lowest BCUT2D eigenvalue weighted by molar-refractivity contribution is -0.142. The first-order valence-corrected chi connectivity index (χ1v) is 8.05. The summed E-state index contributed by atoms with van der Waals surface area (Å²) in [5.74, 6) is 1.17. The number of fused-ring (bicyclic) bond motifs is 2. The van der Waals surface area contributed by atoms with Crippen LogP contribution in [0.5, 0.6) is 0 Å². The number of carboxylic acid groups (broad SMARTS) is 1. The highest BCUT2D eigenvalue weighted by Crippen LogP contribution is 2.49. The summed E-state index contributed by atoms with van der Waals surface area (Å²) in [4.78, 5) is 13.8. The molecule has 3 aliphatic carbocycles. The third-order valence-electron chi connectivity index (χ3n) is 6.21. The molecule has 0 aromatic rings. The van der Waals surface area contributed by atoms with Crippen molar-refractivity contribution in [2.75, 3.05) is 7.05 Å². The van der Waals surface area contributed by atoms with Gasteiger partial charge >= 0.3 is 5.97 Å². The Morgan fingerprint density at radius 3 is 2.47 bits per heavy atom. The maximum atomic E-state index is 11.3.